The van der Waals surface area contributed by atoms with Crippen molar-refractivity contribution in [2.75, 3.05) is 36.4 Å². The van der Waals surface area contributed by atoms with Crippen LogP contribution in [0.4, 0.5) is 16.3 Å². The summed E-state index contributed by atoms with van der Waals surface area (Å²) in [6.45, 7) is 2.71. The Hall–Kier alpha value is -2.54. The predicted octanol–water partition coefficient (Wildman–Crippen LogP) is 2.19. The molecular weight excluding hydrogens is 318 g/mol. The highest BCUT2D eigenvalue weighted by Gasteiger charge is 2.21. The second-order valence-corrected chi connectivity index (χ2v) is 5.59. The van der Waals surface area contributed by atoms with Crippen LogP contribution in [0.3, 0.4) is 0 Å². The third-order valence-electron chi connectivity index (χ3n) is 3.64. The second kappa shape index (κ2) is 6.70. The molecule has 0 unspecified atom stereocenters. The van der Waals surface area contributed by atoms with Crippen LogP contribution in [0.15, 0.2) is 36.4 Å². The lowest BCUT2D eigenvalue weighted by Crippen LogP contribution is -2.50. The molecule has 1 aliphatic rings. The number of urea groups is 1. The highest BCUT2D eigenvalue weighted by molar-refractivity contribution is 6.30. The molecule has 0 atom stereocenters. The number of nitrogens with one attached hydrogen (secondary N) is 1. The van der Waals surface area contributed by atoms with E-state index in [1.807, 2.05) is 24.3 Å². The standard InChI is InChI=1S/C15H16ClN5O2/c16-11-1-3-12(4-2-11)20-7-9-21(10-8-20)15(23)17-13-5-6-14(22)19-18-13/h1-6H,7-10H2,(H,19,22)(H,17,18,23). The summed E-state index contributed by atoms with van der Waals surface area (Å²) in [5, 5.41) is 19.7. The Kier molecular flexibility index (Phi) is 4.47. The first-order chi connectivity index (χ1) is 11.1. The topological polar surface area (TPSA) is 81.6 Å². The number of nitrogens with zero attached hydrogens (tertiary/aromatic N) is 4. The predicted molar refractivity (Wildman–Crippen MR) is 88.0 cm³/mol. The second-order valence-electron chi connectivity index (χ2n) is 5.16. The summed E-state index contributed by atoms with van der Waals surface area (Å²) in [6.07, 6.45) is 0. The normalized spacial score (nSPS) is 14.7. The summed E-state index contributed by atoms with van der Waals surface area (Å²) in [4.78, 5) is 16.1. The molecule has 1 aromatic carbocycles. The molecule has 1 fully saturated rings. The van der Waals surface area contributed by atoms with Crippen molar-refractivity contribution in [3.8, 4) is 5.88 Å². The Morgan fingerprint density at radius 1 is 1.04 bits per heavy atom. The lowest BCUT2D eigenvalue weighted by Gasteiger charge is -2.36. The number of aromatic hydroxyl groups is 1. The summed E-state index contributed by atoms with van der Waals surface area (Å²) in [7, 11) is 0. The average Bonchev–Trinajstić information content (AvgIpc) is 2.58. The van der Waals surface area contributed by atoms with Gasteiger partial charge in [0.2, 0.25) is 5.88 Å². The zero-order valence-corrected chi connectivity index (χ0v) is 13.1. The van der Waals surface area contributed by atoms with Crippen molar-refractivity contribution in [2.45, 2.75) is 0 Å². The highest BCUT2D eigenvalue weighted by atomic mass is 35.5. The SMILES string of the molecule is O=C(Nc1ccc(O)nn1)N1CCN(c2ccc(Cl)cc2)CC1. The number of aromatic nitrogens is 2. The molecule has 2 heterocycles. The minimum Gasteiger partial charge on any atom is -0.492 e. The molecule has 8 heteroatoms. The average molecular weight is 334 g/mol. The maximum Gasteiger partial charge on any atom is 0.323 e. The quantitative estimate of drug-likeness (QED) is 0.880. The van der Waals surface area contributed by atoms with Crippen molar-refractivity contribution >= 4 is 29.1 Å². The summed E-state index contributed by atoms with van der Waals surface area (Å²) in [5.41, 5.74) is 1.10. The Balaban J connectivity index is 1.54. The van der Waals surface area contributed by atoms with Gasteiger partial charge in [-0.2, -0.15) is 0 Å². The first-order valence-electron chi connectivity index (χ1n) is 7.21. The number of benzene rings is 1. The minimum atomic E-state index is -0.222. The summed E-state index contributed by atoms with van der Waals surface area (Å²) in [6, 6.07) is 10.3. The van der Waals surface area contributed by atoms with E-state index in [0.29, 0.717) is 23.9 Å². The summed E-state index contributed by atoms with van der Waals surface area (Å²) >= 11 is 5.90. The first-order valence-corrected chi connectivity index (χ1v) is 7.59. The van der Waals surface area contributed by atoms with E-state index in [0.717, 1.165) is 18.8 Å². The molecule has 3 rings (SSSR count). The van der Waals surface area contributed by atoms with Gasteiger partial charge in [-0.15, -0.1) is 10.2 Å². The number of halogens is 1. The summed E-state index contributed by atoms with van der Waals surface area (Å²) in [5.74, 6) is 0.132. The Morgan fingerprint density at radius 2 is 1.74 bits per heavy atom. The first kappa shape index (κ1) is 15.4. The van der Waals surface area contributed by atoms with Crippen LogP contribution >= 0.6 is 11.6 Å². The Bertz CT molecular complexity index is 669. The highest BCUT2D eigenvalue weighted by Crippen LogP contribution is 2.19. The molecule has 23 heavy (non-hydrogen) atoms. The van der Waals surface area contributed by atoms with Crippen LogP contribution in [0.2, 0.25) is 5.02 Å². The van der Waals surface area contributed by atoms with Gasteiger partial charge in [-0.05, 0) is 30.3 Å². The number of anilines is 2. The largest absolute Gasteiger partial charge is 0.492 e. The Morgan fingerprint density at radius 3 is 2.35 bits per heavy atom. The maximum absolute atomic E-state index is 12.2. The number of carbonyl (C=O) groups excluding carboxylic acids is 1. The zero-order valence-electron chi connectivity index (χ0n) is 12.3. The zero-order chi connectivity index (χ0) is 16.2. The van der Waals surface area contributed by atoms with Gasteiger partial charge >= 0.3 is 6.03 Å². The molecule has 1 aromatic heterocycles. The molecule has 1 aliphatic heterocycles. The van der Waals surface area contributed by atoms with Crippen LogP contribution in [0.25, 0.3) is 0 Å². The van der Waals surface area contributed by atoms with E-state index >= 15 is 0 Å². The number of rotatable bonds is 2. The van der Waals surface area contributed by atoms with Gasteiger partial charge in [0, 0.05) is 43.0 Å². The Labute approximate surface area is 138 Å². The maximum atomic E-state index is 12.2. The van der Waals surface area contributed by atoms with E-state index < -0.39 is 0 Å². The van der Waals surface area contributed by atoms with Crippen molar-refractivity contribution in [1.82, 2.24) is 15.1 Å². The minimum absolute atomic E-state index is 0.181. The monoisotopic (exact) mass is 333 g/mol. The fraction of sp³-hybridized carbons (Fsp3) is 0.267. The van der Waals surface area contributed by atoms with Gasteiger partial charge < -0.3 is 14.9 Å². The van der Waals surface area contributed by atoms with Gasteiger partial charge in [0.05, 0.1) is 0 Å². The molecule has 0 spiro atoms. The molecule has 0 aliphatic carbocycles. The molecule has 7 nitrogen and oxygen atoms in total. The lowest BCUT2D eigenvalue weighted by atomic mass is 10.2. The molecular formula is C15H16ClN5O2. The van der Waals surface area contributed by atoms with Gasteiger partial charge in [0.25, 0.3) is 0 Å². The number of piperazine rings is 1. The van der Waals surface area contributed by atoms with Crippen molar-refractivity contribution in [1.29, 1.82) is 0 Å². The van der Waals surface area contributed by atoms with E-state index in [2.05, 4.69) is 20.4 Å². The number of amides is 2. The van der Waals surface area contributed by atoms with Crippen LogP contribution in [0.5, 0.6) is 5.88 Å². The third kappa shape index (κ3) is 3.81. The van der Waals surface area contributed by atoms with Crippen LogP contribution in [0.1, 0.15) is 0 Å². The van der Waals surface area contributed by atoms with Crippen LogP contribution in [0, 0.1) is 0 Å². The van der Waals surface area contributed by atoms with Crippen molar-refractivity contribution in [3.05, 3.63) is 41.4 Å². The van der Waals surface area contributed by atoms with E-state index in [1.165, 1.54) is 12.1 Å². The fourth-order valence-corrected chi connectivity index (χ4v) is 2.53. The van der Waals surface area contributed by atoms with Gasteiger partial charge in [0.15, 0.2) is 5.82 Å². The van der Waals surface area contributed by atoms with Gasteiger partial charge in [0.1, 0.15) is 0 Å². The smallest absolute Gasteiger partial charge is 0.323 e. The van der Waals surface area contributed by atoms with Gasteiger partial charge in [-0.3, -0.25) is 5.32 Å². The summed E-state index contributed by atoms with van der Waals surface area (Å²) < 4.78 is 0. The van der Waals surface area contributed by atoms with Crippen LogP contribution < -0.4 is 10.2 Å². The lowest BCUT2D eigenvalue weighted by molar-refractivity contribution is 0.208. The van der Waals surface area contributed by atoms with E-state index in [4.69, 9.17) is 16.7 Å². The fourth-order valence-electron chi connectivity index (χ4n) is 2.40. The molecule has 0 saturated carbocycles. The third-order valence-corrected chi connectivity index (χ3v) is 3.90. The molecule has 2 aromatic rings. The molecule has 2 N–H and O–H groups in total. The van der Waals surface area contributed by atoms with E-state index in [9.17, 15) is 4.79 Å². The number of hydrogen-bond donors (Lipinski definition) is 2. The van der Waals surface area contributed by atoms with Crippen molar-refractivity contribution in [2.24, 2.45) is 0 Å². The molecule has 120 valence electrons. The van der Waals surface area contributed by atoms with Gasteiger partial charge in [-0.25, -0.2) is 4.79 Å². The molecule has 2 amide bonds. The number of carbonyl (C=O) groups is 1. The van der Waals surface area contributed by atoms with Crippen LogP contribution in [-0.4, -0.2) is 52.4 Å². The van der Waals surface area contributed by atoms with E-state index in [-0.39, 0.29) is 11.9 Å². The van der Waals surface area contributed by atoms with Crippen molar-refractivity contribution < 1.29 is 9.90 Å². The van der Waals surface area contributed by atoms with Crippen LogP contribution in [-0.2, 0) is 0 Å². The van der Waals surface area contributed by atoms with Gasteiger partial charge in [-0.1, -0.05) is 11.6 Å². The molecule has 1 saturated heterocycles. The molecule has 0 bridgehead atoms. The molecule has 0 radical (unpaired) electrons. The van der Waals surface area contributed by atoms with E-state index in [1.54, 1.807) is 4.90 Å². The van der Waals surface area contributed by atoms with Crippen molar-refractivity contribution in [3.63, 3.8) is 0 Å². The number of hydrogen-bond acceptors (Lipinski definition) is 5.